The van der Waals surface area contributed by atoms with Crippen molar-refractivity contribution in [2.75, 3.05) is 6.61 Å². The van der Waals surface area contributed by atoms with Crippen molar-refractivity contribution in [2.24, 2.45) is 0 Å². The molecule has 1 saturated heterocycles. The van der Waals surface area contributed by atoms with Gasteiger partial charge in [-0.15, -0.1) is 0 Å². The second-order valence-electron chi connectivity index (χ2n) is 2.29. The predicted molar refractivity (Wildman–Crippen MR) is 29.1 cm³/mol. The van der Waals surface area contributed by atoms with Crippen molar-refractivity contribution in [3.8, 4) is 0 Å². The summed E-state index contributed by atoms with van der Waals surface area (Å²) < 4.78 is 53.2. The van der Waals surface area contributed by atoms with Crippen LogP contribution in [0.3, 0.4) is 0 Å². The summed E-state index contributed by atoms with van der Waals surface area (Å²) in [5, 5.41) is 0. The summed E-state index contributed by atoms with van der Waals surface area (Å²) in [6, 6.07) is 0. The van der Waals surface area contributed by atoms with Crippen LogP contribution in [0.4, 0.5) is 13.2 Å². The third kappa shape index (κ3) is 3.10. The van der Waals surface area contributed by atoms with Gasteiger partial charge in [0.15, 0.2) is 0 Å². The Morgan fingerprint density at radius 2 is 2.17 bits per heavy atom. The maximum absolute atomic E-state index is 11.6. The molecule has 0 aromatic carbocycles. The fraction of sp³-hybridized carbons (Fsp3) is 1.00. The van der Waals surface area contributed by atoms with E-state index >= 15 is 0 Å². The van der Waals surface area contributed by atoms with Crippen LogP contribution in [0.2, 0.25) is 0 Å². The van der Waals surface area contributed by atoms with Crippen LogP contribution in [0, 0.1) is 0 Å². The summed E-state index contributed by atoms with van der Waals surface area (Å²) in [6.07, 6.45) is -7.16. The Morgan fingerprint density at radius 1 is 1.58 bits per heavy atom. The van der Waals surface area contributed by atoms with E-state index < -0.39 is 33.1 Å². The van der Waals surface area contributed by atoms with Crippen molar-refractivity contribution in [3.05, 3.63) is 0 Å². The van der Waals surface area contributed by atoms with Crippen LogP contribution >= 0.6 is 7.82 Å². The third-order valence-electron chi connectivity index (χ3n) is 1.16. The quantitative estimate of drug-likeness (QED) is 0.594. The lowest BCUT2D eigenvalue weighted by atomic mass is 10.3. The first-order valence-electron chi connectivity index (χ1n) is 2.99. The lowest BCUT2D eigenvalue weighted by molar-refractivity contribution is -0.216. The van der Waals surface area contributed by atoms with Gasteiger partial charge in [0.05, 0.1) is 19.1 Å². The Kier molecular flexibility index (Phi) is 2.49. The van der Waals surface area contributed by atoms with Crippen molar-refractivity contribution >= 4 is 7.82 Å². The van der Waals surface area contributed by atoms with Crippen molar-refractivity contribution in [3.63, 3.8) is 0 Å². The number of alkyl halides is 3. The topological polar surface area (TPSA) is 58.6 Å². The molecule has 0 radical (unpaired) electrons. The Hall–Kier alpha value is -0.100. The summed E-state index contributed by atoms with van der Waals surface area (Å²) >= 11 is 0. The minimum absolute atomic E-state index is 0.555. The molecule has 1 rings (SSSR count). The van der Waals surface area contributed by atoms with Gasteiger partial charge in [0.25, 0.3) is 7.82 Å². The minimum atomic E-state index is -4.44. The lowest BCUT2D eigenvalue weighted by Gasteiger charge is -2.15. The standard InChI is InChI=1S/C4H6F3O4P/c5-4(6,7)1-3-2-10-12(8,9)11-3/h3H,1-2H2,(H,8,9)/p-1. The SMILES string of the molecule is O=P1([O-])OCC(CC(F)(F)F)O1. The molecule has 0 aromatic rings. The molecule has 8 heteroatoms. The normalized spacial score (nSPS) is 37.2. The molecule has 0 saturated carbocycles. The summed E-state index contributed by atoms with van der Waals surface area (Å²) in [4.78, 5) is 10.3. The van der Waals surface area contributed by atoms with Crippen LogP contribution in [-0.2, 0) is 13.6 Å². The Bertz CT molecular complexity index is 215. The third-order valence-corrected chi connectivity index (χ3v) is 2.18. The van der Waals surface area contributed by atoms with Gasteiger partial charge in [-0.3, -0.25) is 4.57 Å². The van der Waals surface area contributed by atoms with Crippen LogP contribution in [0.25, 0.3) is 0 Å². The molecule has 0 amide bonds. The van der Waals surface area contributed by atoms with E-state index in [4.69, 9.17) is 0 Å². The first-order valence-corrected chi connectivity index (χ1v) is 4.45. The fourth-order valence-electron chi connectivity index (χ4n) is 0.772. The number of hydrogen-bond acceptors (Lipinski definition) is 4. The first kappa shape index (κ1) is 9.98. The van der Waals surface area contributed by atoms with Gasteiger partial charge in [0.2, 0.25) is 0 Å². The maximum Gasteiger partial charge on any atom is 0.391 e. The van der Waals surface area contributed by atoms with Crippen LogP contribution in [-0.4, -0.2) is 18.9 Å². The molecule has 4 nitrogen and oxygen atoms in total. The van der Waals surface area contributed by atoms with Gasteiger partial charge in [-0.1, -0.05) is 0 Å². The molecule has 2 atom stereocenters. The van der Waals surface area contributed by atoms with Gasteiger partial charge in [-0.2, -0.15) is 13.2 Å². The van der Waals surface area contributed by atoms with E-state index in [0.717, 1.165) is 0 Å². The van der Waals surface area contributed by atoms with Gasteiger partial charge >= 0.3 is 6.18 Å². The second-order valence-corrected chi connectivity index (χ2v) is 3.65. The summed E-state index contributed by atoms with van der Waals surface area (Å²) in [5.41, 5.74) is 0. The largest absolute Gasteiger partial charge is 0.756 e. The van der Waals surface area contributed by atoms with Gasteiger partial charge in [0, 0.05) is 0 Å². The zero-order valence-electron chi connectivity index (χ0n) is 5.71. The van der Waals surface area contributed by atoms with E-state index in [1.807, 2.05) is 0 Å². The van der Waals surface area contributed by atoms with Crippen molar-refractivity contribution in [1.82, 2.24) is 0 Å². The molecule has 1 aliphatic rings. The van der Waals surface area contributed by atoms with E-state index in [-0.39, 0.29) is 0 Å². The number of phosphoric ester groups is 1. The number of halogens is 3. The van der Waals surface area contributed by atoms with Gasteiger partial charge in [-0.25, -0.2) is 0 Å². The Morgan fingerprint density at radius 3 is 2.50 bits per heavy atom. The molecule has 1 fully saturated rings. The molecule has 1 aliphatic heterocycles. The van der Waals surface area contributed by atoms with E-state index in [9.17, 15) is 22.6 Å². The summed E-state index contributed by atoms with van der Waals surface area (Å²) in [5.74, 6) is 0. The summed E-state index contributed by atoms with van der Waals surface area (Å²) in [7, 11) is -4.44. The monoisotopic (exact) mass is 205 g/mol. The Labute approximate surface area is 65.9 Å². The van der Waals surface area contributed by atoms with Crippen molar-refractivity contribution in [1.29, 1.82) is 0 Å². The van der Waals surface area contributed by atoms with E-state index in [1.165, 1.54) is 0 Å². The molecule has 12 heavy (non-hydrogen) atoms. The summed E-state index contributed by atoms with van der Waals surface area (Å²) in [6.45, 7) is -0.555. The van der Waals surface area contributed by atoms with Crippen LogP contribution in [0.15, 0.2) is 0 Å². The first-order chi connectivity index (χ1) is 5.29. The lowest BCUT2D eigenvalue weighted by Crippen LogP contribution is -2.20. The number of phosphoric acid groups is 1. The van der Waals surface area contributed by atoms with Crippen LogP contribution in [0.1, 0.15) is 6.42 Å². The highest BCUT2D eigenvalue weighted by Crippen LogP contribution is 2.47. The second kappa shape index (κ2) is 2.99. The molecule has 0 spiro atoms. The number of hydrogen-bond donors (Lipinski definition) is 0. The van der Waals surface area contributed by atoms with Crippen molar-refractivity contribution in [2.45, 2.75) is 18.7 Å². The van der Waals surface area contributed by atoms with Gasteiger partial charge in [-0.05, 0) is 0 Å². The zero-order chi connectivity index (χ0) is 9.41. The average molecular weight is 205 g/mol. The molecule has 1 heterocycles. The van der Waals surface area contributed by atoms with Crippen LogP contribution < -0.4 is 4.89 Å². The fourth-order valence-corrected chi connectivity index (χ4v) is 1.68. The molecule has 0 aliphatic carbocycles. The molecule has 0 bridgehead atoms. The molecule has 2 unspecified atom stereocenters. The highest BCUT2D eigenvalue weighted by molar-refractivity contribution is 7.46. The molecule has 72 valence electrons. The van der Waals surface area contributed by atoms with E-state index in [1.54, 1.807) is 0 Å². The average Bonchev–Trinajstić information content (AvgIpc) is 2.05. The van der Waals surface area contributed by atoms with E-state index in [2.05, 4.69) is 9.05 Å². The highest BCUT2D eigenvalue weighted by Gasteiger charge is 2.38. The smallest absolute Gasteiger partial charge is 0.391 e. The molecular weight excluding hydrogens is 200 g/mol. The van der Waals surface area contributed by atoms with Gasteiger partial charge < -0.3 is 13.9 Å². The van der Waals surface area contributed by atoms with E-state index in [0.29, 0.717) is 0 Å². The molecule has 0 aromatic heterocycles. The van der Waals surface area contributed by atoms with Crippen LogP contribution in [0.5, 0.6) is 0 Å². The minimum Gasteiger partial charge on any atom is -0.756 e. The van der Waals surface area contributed by atoms with Crippen molar-refractivity contribution < 1.29 is 31.7 Å². The Balaban J connectivity index is 2.44. The predicted octanol–water partition coefficient (Wildman–Crippen LogP) is 0.823. The number of rotatable bonds is 1. The van der Waals surface area contributed by atoms with Gasteiger partial charge in [0.1, 0.15) is 0 Å². The highest BCUT2D eigenvalue weighted by atomic mass is 31.2. The molecule has 0 N–H and O–H groups in total. The molecular formula is C4H5F3O4P-. The maximum atomic E-state index is 11.6. The zero-order valence-corrected chi connectivity index (χ0v) is 6.60.